The van der Waals surface area contributed by atoms with E-state index in [2.05, 4.69) is 5.16 Å². The Hall–Kier alpha value is -1.51. The van der Waals surface area contributed by atoms with Gasteiger partial charge in [-0.15, -0.1) is 0 Å². The quantitative estimate of drug-likeness (QED) is 0.647. The molecule has 0 bridgehead atoms. The molecule has 12 heavy (non-hydrogen) atoms. The normalized spacial score (nSPS) is 10.8. The van der Waals surface area contributed by atoms with Crippen molar-refractivity contribution in [2.45, 2.75) is 13.8 Å². The first-order valence-corrected chi connectivity index (χ1v) is 3.74. The number of aromatic nitrogens is 1. The topological polar surface area (TPSA) is 46.3 Å². The van der Waals surface area contributed by atoms with Crippen molar-refractivity contribution in [1.82, 2.24) is 5.16 Å². The average Bonchev–Trinajstić information content (AvgIpc) is 2.31. The summed E-state index contributed by atoms with van der Waals surface area (Å²) in [6.07, 6.45) is 0. The highest BCUT2D eigenvalue weighted by molar-refractivity contribution is 5.86. The maximum atomic E-state index is 9.52. The van der Waals surface area contributed by atoms with E-state index in [9.17, 15) is 5.11 Å². The minimum atomic E-state index is 0.240. The molecule has 0 saturated heterocycles. The summed E-state index contributed by atoms with van der Waals surface area (Å²) in [6.45, 7) is 3.71. The van der Waals surface area contributed by atoms with Gasteiger partial charge in [-0.2, -0.15) is 0 Å². The summed E-state index contributed by atoms with van der Waals surface area (Å²) in [6, 6.07) is 3.56. The molecule has 0 saturated carbocycles. The minimum absolute atomic E-state index is 0.240. The molecular formula is C9H9NO2. The van der Waals surface area contributed by atoms with Gasteiger partial charge >= 0.3 is 0 Å². The van der Waals surface area contributed by atoms with Crippen LogP contribution in [0.2, 0.25) is 0 Å². The van der Waals surface area contributed by atoms with Crippen LogP contribution >= 0.6 is 0 Å². The van der Waals surface area contributed by atoms with Gasteiger partial charge in [0.2, 0.25) is 0 Å². The third-order valence-electron chi connectivity index (χ3n) is 1.87. The predicted octanol–water partition coefficient (Wildman–Crippen LogP) is 2.15. The van der Waals surface area contributed by atoms with E-state index >= 15 is 0 Å². The molecule has 0 spiro atoms. The van der Waals surface area contributed by atoms with Crippen molar-refractivity contribution in [3.63, 3.8) is 0 Å². The van der Waals surface area contributed by atoms with Crippen LogP contribution in [0.1, 0.15) is 11.3 Å². The number of aromatic hydroxyl groups is 1. The van der Waals surface area contributed by atoms with Gasteiger partial charge in [-0.25, -0.2) is 0 Å². The Morgan fingerprint density at radius 1 is 1.33 bits per heavy atom. The molecular weight excluding hydrogens is 154 g/mol. The summed E-state index contributed by atoms with van der Waals surface area (Å²) in [5.74, 6) is 0.240. The third kappa shape index (κ3) is 0.863. The van der Waals surface area contributed by atoms with Crippen LogP contribution < -0.4 is 0 Å². The molecule has 3 heteroatoms. The van der Waals surface area contributed by atoms with Gasteiger partial charge in [0.05, 0.1) is 11.1 Å². The minimum Gasteiger partial charge on any atom is -0.507 e. The van der Waals surface area contributed by atoms with Crippen molar-refractivity contribution >= 4 is 11.0 Å². The van der Waals surface area contributed by atoms with Gasteiger partial charge in [-0.05, 0) is 31.5 Å². The highest BCUT2D eigenvalue weighted by Gasteiger charge is 2.08. The number of fused-ring (bicyclic) bond motifs is 1. The average molecular weight is 163 g/mol. The maximum Gasteiger partial charge on any atom is 0.171 e. The van der Waals surface area contributed by atoms with E-state index in [1.54, 1.807) is 13.0 Å². The third-order valence-corrected chi connectivity index (χ3v) is 1.87. The van der Waals surface area contributed by atoms with E-state index in [0.29, 0.717) is 11.0 Å². The molecule has 0 unspecified atom stereocenters. The highest BCUT2D eigenvalue weighted by atomic mass is 16.5. The second-order valence-corrected chi connectivity index (χ2v) is 2.93. The molecule has 62 valence electrons. The van der Waals surface area contributed by atoms with E-state index in [4.69, 9.17) is 4.52 Å². The number of hydrogen-bond donors (Lipinski definition) is 1. The Balaban J connectivity index is 2.93. The van der Waals surface area contributed by atoms with Crippen LogP contribution in [-0.4, -0.2) is 10.3 Å². The van der Waals surface area contributed by atoms with E-state index in [1.807, 2.05) is 13.0 Å². The smallest absolute Gasteiger partial charge is 0.171 e. The molecule has 1 heterocycles. The zero-order chi connectivity index (χ0) is 8.72. The number of phenols is 1. The van der Waals surface area contributed by atoms with E-state index < -0.39 is 0 Å². The van der Waals surface area contributed by atoms with E-state index in [1.165, 1.54) is 0 Å². The molecule has 0 radical (unpaired) electrons. The van der Waals surface area contributed by atoms with Crippen LogP contribution in [0.15, 0.2) is 16.7 Å². The second kappa shape index (κ2) is 2.24. The van der Waals surface area contributed by atoms with E-state index in [-0.39, 0.29) is 5.75 Å². The fraction of sp³-hybridized carbons (Fsp3) is 0.222. The van der Waals surface area contributed by atoms with Gasteiger partial charge in [0.25, 0.3) is 0 Å². The van der Waals surface area contributed by atoms with Gasteiger partial charge in [-0.1, -0.05) is 5.16 Å². The molecule has 0 aliphatic carbocycles. The van der Waals surface area contributed by atoms with E-state index in [0.717, 1.165) is 11.3 Å². The van der Waals surface area contributed by atoms with Crippen LogP contribution in [0.3, 0.4) is 0 Å². The molecule has 3 nitrogen and oxygen atoms in total. The number of benzene rings is 1. The molecule has 1 aromatic carbocycles. The first-order chi connectivity index (χ1) is 5.68. The Bertz CT molecular complexity index is 431. The molecule has 1 N–H and O–H groups in total. The molecule has 0 fully saturated rings. The standard InChI is InChI=1S/C9H9NO2/c1-5-3-7(11)9-6(2)10-12-8(9)4-5/h3-4,11H,1-2H3. The molecule has 0 aliphatic heterocycles. The predicted molar refractivity (Wildman–Crippen MR) is 45.1 cm³/mol. The molecule has 0 amide bonds. The second-order valence-electron chi connectivity index (χ2n) is 2.93. The Labute approximate surface area is 69.6 Å². The number of aryl methyl sites for hydroxylation is 2. The number of phenolic OH excluding ortho intramolecular Hbond substituents is 1. The van der Waals surface area contributed by atoms with Crippen LogP contribution in [0.4, 0.5) is 0 Å². The molecule has 0 atom stereocenters. The summed E-state index contributed by atoms with van der Waals surface area (Å²) < 4.78 is 5.00. The van der Waals surface area contributed by atoms with Crippen molar-refractivity contribution in [1.29, 1.82) is 0 Å². The fourth-order valence-corrected chi connectivity index (χ4v) is 1.33. The summed E-state index contributed by atoms with van der Waals surface area (Å²) >= 11 is 0. The summed E-state index contributed by atoms with van der Waals surface area (Å²) in [5, 5.41) is 14.0. The van der Waals surface area contributed by atoms with Crippen LogP contribution in [-0.2, 0) is 0 Å². The highest BCUT2D eigenvalue weighted by Crippen LogP contribution is 2.28. The lowest BCUT2D eigenvalue weighted by atomic mass is 10.1. The largest absolute Gasteiger partial charge is 0.507 e. The summed E-state index contributed by atoms with van der Waals surface area (Å²) in [5.41, 5.74) is 2.34. The van der Waals surface area contributed by atoms with Gasteiger partial charge in [0.1, 0.15) is 5.75 Å². The Kier molecular flexibility index (Phi) is 1.33. The Morgan fingerprint density at radius 3 is 2.83 bits per heavy atom. The van der Waals surface area contributed by atoms with Crippen molar-refractivity contribution in [3.8, 4) is 5.75 Å². The van der Waals surface area contributed by atoms with Crippen molar-refractivity contribution in [2.75, 3.05) is 0 Å². The van der Waals surface area contributed by atoms with Crippen molar-refractivity contribution in [2.24, 2.45) is 0 Å². The molecule has 1 aromatic heterocycles. The summed E-state index contributed by atoms with van der Waals surface area (Å²) in [4.78, 5) is 0. The number of hydrogen-bond acceptors (Lipinski definition) is 3. The molecule has 2 rings (SSSR count). The first kappa shape index (κ1) is 7.16. The fourth-order valence-electron chi connectivity index (χ4n) is 1.33. The monoisotopic (exact) mass is 163 g/mol. The van der Waals surface area contributed by atoms with Crippen LogP contribution in [0.25, 0.3) is 11.0 Å². The van der Waals surface area contributed by atoms with Gasteiger partial charge < -0.3 is 9.63 Å². The lowest BCUT2D eigenvalue weighted by Gasteiger charge is -1.95. The molecule has 0 aliphatic rings. The van der Waals surface area contributed by atoms with Crippen LogP contribution in [0.5, 0.6) is 5.75 Å². The Morgan fingerprint density at radius 2 is 2.08 bits per heavy atom. The first-order valence-electron chi connectivity index (χ1n) is 3.74. The SMILES string of the molecule is Cc1cc(O)c2c(C)noc2c1. The van der Waals surface area contributed by atoms with Crippen molar-refractivity contribution in [3.05, 3.63) is 23.4 Å². The lowest BCUT2D eigenvalue weighted by Crippen LogP contribution is -1.75. The zero-order valence-electron chi connectivity index (χ0n) is 6.96. The van der Waals surface area contributed by atoms with Crippen molar-refractivity contribution < 1.29 is 9.63 Å². The van der Waals surface area contributed by atoms with Gasteiger partial charge in [0, 0.05) is 0 Å². The zero-order valence-corrected chi connectivity index (χ0v) is 6.96. The summed E-state index contributed by atoms with van der Waals surface area (Å²) in [7, 11) is 0. The van der Waals surface area contributed by atoms with Gasteiger partial charge in [0.15, 0.2) is 5.58 Å². The lowest BCUT2D eigenvalue weighted by molar-refractivity contribution is 0.450. The molecule has 2 aromatic rings. The maximum absolute atomic E-state index is 9.52. The van der Waals surface area contributed by atoms with Gasteiger partial charge in [-0.3, -0.25) is 0 Å². The van der Waals surface area contributed by atoms with Crippen LogP contribution in [0, 0.1) is 13.8 Å². The number of rotatable bonds is 0. The number of nitrogens with zero attached hydrogens (tertiary/aromatic N) is 1.